The molecule has 0 saturated carbocycles. The predicted octanol–water partition coefficient (Wildman–Crippen LogP) is 2.51. The Morgan fingerprint density at radius 3 is 2.53 bits per heavy atom. The topological polar surface area (TPSA) is 29.3 Å². The lowest BCUT2D eigenvalue weighted by atomic mass is 9.98. The number of alkyl halides is 3. The van der Waals surface area contributed by atoms with Crippen molar-refractivity contribution in [3.63, 3.8) is 0 Å². The summed E-state index contributed by atoms with van der Waals surface area (Å²) in [5.41, 5.74) is 7.51. The fraction of sp³-hybridized carbons (Fsp3) is 0.462. The lowest BCUT2D eigenvalue weighted by Gasteiger charge is -2.32. The van der Waals surface area contributed by atoms with Gasteiger partial charge in [-0.2, -0.15) is 13.2 Å². The second-order valence-electron chi connectivity index (χ2n) is 4.75. The highest BCUT2D eigenvalue weighted by Crippen LogP contribution is 2.29. The minimum Gasteiger partial charge on any atom is -0.393 e. The van der Waals surface area contributed by atoms with Gasteiger partial charge in [-0.3, -0.25) is 4.90 Å². The SMILES string of the molecule is NC(=S)C(CN1CCc2ccccc2C1)C(F)(F)F. The molecule has 2 N–H and O–H groups in total. The fourth-order valence-corrected chi connectivity index (χ4v) is 2.53. The van der Waals surface area contributed by atoms with E-state index in [2.05, 4.69) is 12.2 Å². The van der Waals surface area contributed by atoms with Gasteiger partial charge in [-0.1, -0.05) is 36.5 Å². The Morgan fingerprint density at radius 1 is 1.32 bits per heavy atom. The van der Waals surface area contributed by atoms with E-state index >= 15 is 0 Å². The van der Waals surface area contributed by atoms with Crippen molar-refractivity contribution in [2.75, 3.05) is 13.1 Å². The first-order valence-electron chi connectivity index (χ1n) is 6.03. The van der Waals surface area contributed by atoms with E-state index in [0.717, 1.165) is 12.0 Å². The van der Waals surface area contributed by atoms with Crippen LogP contribution in [0.5, 0.6) is 0 Å². The largest absolute Gasteiger partial charge is 0.399 e. The van der Waals surface area contributed by atoms with Gasteiger partial charge in [0.15, 0.2) is 0 Å². The molecule has 0 spiro atoms. The summed E-state index contributed by atoms with van der Waals surface area (Å²) in [5, 5.41) is 0. The molecule has 19 heavy (non-hydrogen) atoms. The van der Waals surface area contributed by atoms with Crippen LogP contribution < -0.4 is 5.73 Å². The fourth-order valence-electron chi connectivity index (χ4n) is 2.32. The number of hydrogen-bond acceptors (Lipinski definition) is 2. The predicted molar refractivity (Wildman–Crippen MR) is 71.8 cm³/mol. The highest BCUT2D eigenvalue weighted by molar-refractivity contribution is 7.80. The van der Waals surface area contributed by atoms with E-state index in [-0.39, 0.29) is 6.54 Å². The molecular formula is C13H15F3N2S. The molecule has 1 aromatic rings. The smallest absolute Gasteiger partial charge is 0.393 e. The number of benzene rings is 1. The maximum Gasteiger partial charge on any atom is 0.399 e. The molecule has 0 saturated heterocycles. The van der Waals surface area contributed by atoms with E-state index < -0.39 is 17.1 Å². The molecule has 0 aliphatic carbocycles. The summed E-state index contributed by atoms with van der Waals surface area (Å²) >= 11 is 4.54. The summed E-state index contributed by atoms with van der Waals surface area (Å²) < 4.78 is 38.5. The van der Waals surface area contributed by atoms with Gasteiger partial charge in [-0.25, -0.2) is 0 Å². The van der Waals surface area contributed by atoms with Crippen LogP contribution in [0.15, 0.2) is 24.3 Å². The van der Waals surface area contributed by atoms with Gasteiger partial charge in [0.1, 0.15) is 5.92 Å². The number of hydrogen-bond donors (Lipinski definition) is 1. The zero-order chi connectivity index (χ0) is 14.0. The normalized spacial score (nSPS) is 17.8. The first-order valence-corrected chi connectivity index (χ1v) is 6.44. The van der Waals surface area contributed by atoms with Crippen molar-refractivity contribution in [2.45, 2.75) is 19.1 Å². The standard InChI is InChI=1S/C13H15F3N2S/c14-13(15,16)11(12(17)19)8-18-6-5-9-3-1-2-4-10(9)7-18/h1-4,11H,5-8H2,(H2,17,19). The van der Waals surface area contributed by atoms with Gasteiger partial charge in [0, 0.05) is 19.6 Å². The number of nitrogens with zero attached hydrogens (tertiary/aromatic N) is 1. The number of fused-ring (bicyclic) bond motifs is 1. The Morgan fingerprint density at radius 2 is 1.95 bits per heavy atom. The molecule has 104 valence electrons. The zero-order valence-corrected chi connectivity index (χ0v) is 11.1. The molecule has 0 aromatic heterocycles. The van der Waals surface area contributed by atoms with Gasteiger partial charge in [0.2, 0.25) is 0 Å². The number of halogens is 3. The van der Waals surface area contributed by atoms with E-state index in [1.54, 1.807) is 4.90 Å². The van der Waals surface area contributed by atoms with Crippen molar-refractivity contribution in [1.82, 2.24) is 4.90 Å². The van der Waals surface area contributed by atoms with Crippen molar-refractivity contribution in [3.8, 4) is 0 Å². The molecule has 1 aromatic carbocycles. The Hall–Kier alpha value is -1.14. The van der Waals surface area contributed by atoms with Crippen LogP contribution in [0, 0.1) is 5.92 Å². The second kappa shape index (κ2) is 5.46. The van der Waals surface area contributed by atoms with Crippen LogP contribution in [0.25, 0.3) is 0 Å². The van der Waals surface area contributed by atoms with E-state index in [9.17, 15) is 13.2 Å². The quantitative estimate of drug-likeness (QED) is 0.867. The van der Waals surface area contributed by atoms with Gasteiger partial charge in [0.05, 0.1) is 4.99 Å². The first kappa shape index (κ1) is 14.3. The molecule has 2 nitrogen and oxygen atoms in total. The molecule has 0 fully saturated rings. The lowest BCUT2D eigenvalue weighted by Crippen LogP contribution is -2.44. The molecule has 6 heteroatoms. The third-order valence-electron chi connectivity index (χ3n) is 3.39. The third-order valence-corrected chi connectivity index (χ3v) is 3.67. The Bertz CT molecular complexity index is 473. The average molecular weight is 288 g/mol. The van der Waals surface area contributed by atoms with Crippen LogP contribution in [-0.2, 0) is 13.0 Å². The molecule has 1 aliphatic heterocycles. The highest BCUT2D eigenvalue weighted by atomic mass is 32.1. The minimum atomic E-state index is -4.37. The maximum absolute atomic E-state index is 12.8. The number of rotatable bonds is 3. The first-order chi connectivity index (χ1) is 8.88. The van der Waals surface area contributed by atoms with Gasteiger partial charge in [0.25, 0.3) is 0 Å². The average Bonchev–Trinajstić information content (AvgIpc) is 2.34. The van der Waals surface area contributed by atoms with E-state index in [4.69, 9.17) is 5.73 Å². The summed E-state index contributed by atoms with van der Waals surface area (Å²) in [5.74, 6) is -1.73. The molecule has 2 rings (SSSR count). The van der Waals surface area contributed by atoms with Gasteiger partial charge < -0.3 is 5.73 Å². The highest BCUT2D eigenvalue weighted by Gasteiger charge is 2.42. The number of nitrogens with two attached hydrogens (primary N) is 1. The van der Waals surface area contributed by atoms with Crippen molar-refractivity contribution in [3.05, 3.63) is 35.4 Å². The third kappa shape index (κ3) is 3.45. The summed E-state index contributed by atoms with van der Waals surface area (Å²) in [4.78, 5) is 1.28. The summed E-state index contributed by atoms with van der Waals surface area (Å²) in [6.07, 6.45) is -3.61. The van der Waals surface area contributed by atoms with Crippen molar-refractivity contribution in [1.29, 1.82) is 0 Å². The van der Waals surface area contributed by atoms with Crippen LogP contribution in [0.3, 0.4) is 0 Å². The molecule has 1 unspecified atom stereocenters. The summed E-state index contributed by atoms with van der Waals surface area (Å²) in [6, 6.07) is 7.81. The van der Waals surface area contributed by atoms with E-state index in [1.807, 2.05) is 24.3 Å². The summed E-state index contributed by atoms with van der Waals surface area (Å²) in [7, 11) is 0. The summed E-state index contributed by atoms with van der Waals surface area (Å²) in [6.45, 7) is 0.963. The van der Waals surface area contributed by atoms with Crippen molar-refractivity contribution >= 4 is 17.2 Å². The molecule has 0 radical (unpaired) electrons. The van der Waals surface area contributed by atoms with Crippen molar-refractivity contribution < 1.29 is 13.2 Å². The van der Waals surface area contributed by atoms with Gasteiger partial charge >= 0.3 is 6.18 Å². The van der Waals surface area contributed by atoms with Crippen LogP contribution in [-0.4, -0.2) is 29.2 Å². The molecule has 1 atom stereocenters. The van der Waals surface area contributed by atoms with Gasteiger partial charge in [-0.05, 0) is 17.5 Å². The maximum atomic E-state index is 12.8. The lowest BCUT2D eigenvalue weighted by molar-refractivity contribution is -0.159. The van der Waals surface area contributed by atoms with Crippen LogP contribution in [0.2, 0.25) is 0 Å². The molecule has 0 bridgehead atoms. The zero-order valence-electron chi connectivity index (χ0n) is 10.3. The van der Waals surface area contributed by atoms with Crippen LogP contribution in [0.1, 0.15) is 11.1 Å². The Balaban J connectivity index is 2.07. The van der Waals surface area contributed by atoms with Crippen LogP contribution >= 0.6 is 12.2 Å². The van der Waals surface area contributed by atoms with Crippen molar-refractivity contribution in [2.24, 2.45) is 11.7 Å². The Labute approximate surface area is 115 Å². The minimum absolute atomic E-state index is 0.160. The molecule has 1 aliphatic rings. The van der Waals surface area contributed by atoms with Gasteiger partial charge in [-0.15, -0.1) is 0 Å². The Kier molecular flexibility index (Phi) is 4.10. The second-order valence-corrected chi connectivity index (χ2v) is 5.22. The van der Waals surface area contributed by atoms with E-state index in [1.165, 1.54) is 5.56 Å². The van der Waals surface area contributed by atoms with E-state index in [0.29, 0.717) is 13.1 Å². The number of thiocarbonyl (C=S) groups is 1. The monoisotopic (exact) mass is 288 g/mol. The molecule has 1 heterocycles. The van der Waals surface area contributed by atoms with Crippen LogP contribution in [0.4, 0.5) is 13.2 Å². The molecular weight excluding hydrogens is 273 g/mol. The molecule has 0 amide bonds.